The minimum Gasteiger partial charge on any atom is -0.490 e. The van der Waals surface area contributed by atoms with Crippen molar-refractivity contribution in [1.29, 1.82) is 0 Å². The van der Waals surface area contributed by atoms with Crippen molar-refractivity contribution in [1.82, 2.24) is 0 Å². The lowest BCUT2D eigenvalue weighted by molar-refractivity contribution is 0.306. The van der Waals surface area contributed by atoms with E-state index in [0.29, 0.717) is 0 Å². The molecular formula is C14H16O2. The van der Waals surface area contributed by atoms with Crippen LogP contribution >= 0.6 is 0 Å². The maximum absolute atomic E-state index is 5.68. The first-order valence-electron chi connectivity index (χ1n) is 5.66. The number of benzene rings is 1. The molecule has 2 aromatic rings. The molecule has 84 valence electrons. The van der Waals surface area contributed by atoms with Crippen molar-refractivity contribution < 1.29 is 9.15 Å². The van der Waals surface area contributed by atoms with Gasteiger partial charge in [0.15, 0.2) is 5.75 Å². The fourth-order valence-electron chi connectivity index (χ4n) is 1.55. The van der Waals surface area contributed by atoms with Crippen LogP contribution < -0.4 is 4.74 Å². The quantitative estimate of drug-likeness (QED) is 0.701. The van der Waals surface area contributed by atoms with Crippen LogP contribution in [0.3, 0.4) is 0 Å². The normalized spacial score (nSPS) is 10.3. The summed E-state index contributed by atoms with van der Waals surface area (Å²) in [6.07, 6.45) is 5.60. The predicted molar refractivity (Wildman–Crippen MR) is 64.5 cm³/mol. The van der Waals surface area contributed by atoms with E-state index in [9.17, 15) is 0 Å². The SMILES string of the molecule is CCCCOc1cocc1-c1ccccc1. The fourth-order valence-corrected chi connectivity index (χ4v) is 1.55. The van der Waals surface area contributed by atoms with Gasteiger partial charge in [-0.05, 0) is 12.0 Å². The van der Waals surface area contributed by atoms with Gasteiger partial charge in [-0.3, -0.25) is 0 Å². The third-order valence-corrected chi connectivity index (χ3v) is 2.47. The molecule has 1 aromatic heterocycles. The highest BCUT2D eigenvalue weighted by molar-refractivity contribution is 5.68. The molecule has 0 aliphatic heterocycles. The van der Waals surface area contributed by atoms with Gasteiger partial charge in [-0.25, -0.2) is 0 Å². The lowest BCUT2D eigenvalue weighted by atomic mass is 10.1. The van der Waals surface area contributed by atoms with Gasteiger partial charge in [0.2, 0.25) is 0 Å². The van der Waals surface area contributed by atoms with Crippen LogP contribution in [-0.4, -0.2) is 6.61 Å². The van der Waals surface area contributed by atoms with Gasteiger partial charge in [0, 0.05) is 0 Å². The predicted octanol–water partition coefficient (Wildman–Crippen LogP) is 4.13. The summed E-state index contributed by atoms with van der Waals surface area (Å²) in [4.78, 5) is 0. The summed E-state index contributed by atoms with van der Waals surface area (Å²) < 4.78 is 10.9. The zero-order chi connectivity index (χ0) is 11.2. The third-order valence-electron chi connectivity index (χ3n) is 2.47. The standard InChI is InChI=1S/C14H16O2/c1-2-3-9-16-14-11-15-10-13(14)12-7-5-4-6-8-12/h4-8,10-11H,2-3,9H2,1H3. The molecule has 0 fully saturated rings. The summed E-state index contributed by atoms with van der Waals surface area (Å²) in [6.45, 7) is 2.90. The molecule has 1 heterocycles. The Hall–Kier alpha value is -1.70. The molecule has 0 atom stereocenters. The van der Waals surface area contributed by atoms with Crippen molar-refractivity contribution in [2.45, 2.75) is 19.8 Å². The smallest absolute Gasteiger partial charge is 0.165 e. The second-order valence-electron chi connectivity index (χ2n) is 3.72. The molecule has 0 aliphatic carbocycles. The minimum atomic E-state index is 0.746. The van der Waals surface area contributed by atoms with Gasteiger partial charge in [-0.15, -0.1) is 0 Å². The first-order chi connectivity index (χ1) is 7.92. The van der Waals surface area contributed by atoms with Crippen LogP contribution in [0.25, 0.3) is 11.1 Å². The Morgan fingerprint density at radius 1 is 1.12 bits per heavy atom. The molecule has 0 amide bonds. The second-order valence-corrected chi connectivity index (χ2v) is 3.72. The van der Waals surface area contributed by atoms with Gasteiger partial charge < -0.3 is 9.15 Å². The number of hydrogen-bond donors (Lipinski definition) is 0. The van der Waals surface area contributed by atoms with Crippen LogP contribution in [0.4, 0.5) is 0 Å². The molecule has 0 N–H and O–H groups in total. The molecule has 1 aromatic carbocycles. The van der Waals surface area contributed by atoms with Gasteiger partial charge in [0.05, 0.1) is 12.2 Å². The van der Waals surface area contributed by atoms with Crippen LogP contribution in [0.1, 0.15) is 19.8 Å². The zero-order valence-electron chi connectivity index (χ0n) is 9.48. The van der Waals surface area contributed by atoms with E-state index in [1.165, 1.54) is 0 Å². The summed E-state index contributed by atoms with van der Waals surface area (Å²) in [6, 6.07) is 10.1. The van der Waals surface area contributed by atoms with E-state index in [1.54, 1.807) is 12.5 Å². The molecule has 0 aliphatic rings. The van der Waals surface area contributed by atoms with Crippen molar-refractivity contribution in [3.05, 3.63) is 42.9 Å². The maximum Gasteiger partial charge on any atom is 0.165 e. The molecule has 0 spiro atoms. The summed E-state index contributed by atoms with van der Waals surface area (Å²) in [5.74, 6) is 0.833. The van der Waals surface area contributed by atoms with Crippen molar-refractivity contribution in [2.75, 3.05) is 6.61 Å². The monoisotopic (exact) mass is 216 g/mol. The fraction of sp³-hybridized carbons (Fsp3) is 0.286. The van der Waals surface area contributed by atoms with Crippen LogP contribution in [-0.2, 0) is 0 Å². The molecule has 0 unspecified atom stereocenters. The Morgan fingerprint density at radius 2 is 1.94 bits per heavy atom. The number of furan rings is 1. The van der Waals surface area contributed by atoms with Gasteiger partial charge >= 0.3 is 0 Å². The van der Waals surface area contributed by atoms with E-state index in [0.717, 1.165) is 36.3 Å². The molecular weight excluding hydrogens is 200 g/mol. The molecule has 2 nitrogen and oxygen atoms in total. The average Bonchev–Trinajstić information content (AvgIpc) is 2.79. The number of ether oxygens (including phenoxy) is 1. The van der Waals surface area contributed by atoms with Crippen molar-refractivity contribution in [3.8, 4) is 16.9 Å². The summed E-state index contributed by atoms with van der Waals surface area (Å²) in [5.41, 5.74) is 2.15. The van der Waals surface area contributed by atoms with Gasteiger partial charge in [0.1, 0.15) is 12.5 Å². The van der Waals surface area contributed by atoms with Crippen molar-refractivity contribution in [2.24, 2.45) is 0 Å². The highest BCUT2D eigenvalue weighted by atomic mass is 16.5. The van der Waals surface area contributed by atoms with Crippen LogP contribution in [0, 0.1) is 0 Å². The second kappa shape index (κ2) is 5.40. The first-order valence-corrected chi connectivity index (χ1v) is 5.66. The maximum atomic E-state index is 5.68. The topological polar surface area (TPSA) is 22.4 Å². The molecule has 0 saturated carbocycles. The van der Waals surface area contributed by atoms with E-state index < -0.39 is 0 Å². The van der Waals surface area contributed by atoms with Crippen molar-refractivity contribution in [3.63, 3.8) is 0 Å². The van der Waals surface area contributed by atoms with Gasteiger partial charge in [-0.2, -0.15) is 0 Å². The highest BCUT2D eigenvalue weighted by Crippen LogP contribution is 2.30. The van der Waals surface area contributed by atoms with Gasteiger partial charge in [0.25, 0.3) is 0 Å². The van der Waals surface area contributed by atoms with E-state index in [-0.39, 0.29) is 0 Å². The Kier molecular flexibility index (Phi) is 3.65. The Morgan fingerprint density at radius 3 is 2.69 bits per heavy atom. The Balaban J connectivity index is 2.13. The van der Waals surface area contributed by atoms with Crippen LogP contribution in [0.2, 0.25) is 0 Å². The van der Waals surface area contributed by atoms with E-state index in [2.05, 4.69) is 19.1 Å². The summed E-state index contributed by atoms with van der Waals surface area (Å²) >= 11 is 0. The van der Waals surface area contributed by atoms with Crippen molar-refractivity contribution >= 4 is 0 Å². The van der Waals surface area contributed by atoms with Gasteiger partial charge in [-0.1, -0.05) is 43.7 Å². The lowest BCUT2D eigenvalue weighted by Gasteiger charge is -2.05. The van der Waals surface area contributed by atoms with E-state index in [1.807, 2.05) is 18.2 Å². The van der Waals surface area contributed by atoms with Crippen LogP contribution in [0.5, 0.6) is 5.75 Å². The third kappa shape index (κ3) is 2.45. The summed E-state index contributed by atoms with van der Waals surface area (Å²) in [7, 11) is 0. The number of hydrogen-bond acceptors (Lipinski definition) is 2. The zero-order valence-corrected chi connectivity index (χ0v) is 9.48. The molecule has 2 rings (SSSR count). The lowest BCUT2D eigenvalue weighted by Crippen LogP contribution is -1.96. The molecule has 0 bridgehead atoms. The van der Waals surface area contributed by atoms with Crippen LogP contribution in [0.15, 0.2) is 47.3 Å². The number of unbranched alkanes of at least 4 members (excludes halogenated alkanes) is 1. The molecule has 16 heavy (non-hydrogen) atoms. The Labute approximate surface area is 95.9 Å². The highest BCUT2D eigenvalue weighted by Gasteiger charge is 2.08. The molecule has 0 radical (unpaired) electrons. The largest absolute Gasteiger partial charge is 0.490 e. The molecule has 0 saturated heterocycles. The first kappa shape index (κ1) is 10.8. The molecule has 2 heteroatoms. The van der Waals surface area contributed by atoms with E-state index >= 15 is 0 Å². The van der Waals surface area contributed by atoms with E-state index in [4.69, 9.17) is 9.15 Å². The Bertz CT molecular complexity index is 417. The minimum absolute atomic E-state index is 0.746. The summed E-state index contributed by atoms with van der Waals surface area (Å²) in [5, 5.41) is 0. The average molecular weight is 216 g/mol. The number of rotatable bonds is 5.